The van der Waals surface area contributed by atoms with Gasteiger partial charge in [0.15, 0.2) is 0 Å². The number of nitrogens with one attached hydrogen (secondary N) is 1. The Hall–Kier alpha value is -3.62. The van der Waals surface area contributed by atoms with Crippen LogP contribution < -0.4 is 14.8 Å². The Balaban J connectivity index is 1.69. The van der Waals surface area contributed by atoms with E-state index in [2.05, 4.69) is 10.5 Å². The van der Waals surface area contributed by atoms with Crippen LogP contribution in [0, 0.1) is 10.1 Å². The lowest BCUT2D eigenvalue weighted by Crippen LogP contribution is -2.28. The molecule has 0 radical (unpaired) electrons. The molecule has 0 spiro atoms. The summed E-state index contributed by atoms with van der Waals surface area (Å²) in [4.78, 5) is 28.3. The Bertz CT molecular complexity index is 894. The molecule has 9 nitrogen and oxygen atoms in total. The normalized spacial score (nSPS) is 15.5. The number of hydrogen-bond acceptors (Lipinski definition) is 7. The highest BCUT2D eigenvalue weighted by molar-refractivity contribution is 6.06. The molecule has 0 aromatic heterocycles. The van der Waals surface area contributed by atoms with Gasteiger partial charge in [-0.3, -0.25) is 14.9 Å². The number of hydrogen-bond donors (Lipinski definition) is 1. The van der Waals surface area contributed by atoms with Gasteiger partial charge >= 0.3 is 0 Å². The zero-order valence-corrected chi connectivity index (χ0v) is 14.7. The van der Waals surface area contributed by atoms with E-state index in [1.54, 1.807) is 19.2 Å². The summed E-state index contributed by atoms with van der Waals surface area (Å²) in [6.45, 7) is 0. The fourth-order valence-corrected chi connectivity index (χ4v) is 2.58. The number of nitro groups is 1. The van der Waals surface area contributed by atoms with E-state index in [-0.39, 0.29) is 17.8 Å². The molecule has 0 bridgehead atoms. The number of rotatable bonds is 6. The first-order valence-corrected chi connectivity index (χ1v) is 8.02. The summed E-state index contributed by atoms with van der Waals surface area (Å²) in [5.74, 6) is 0.511. The molecule has 0 fully saturated rings. The molecule has 1 atom stereocenters. The Labute approximate surface area is 154 Å². The van der Waals surface area contributed by atoms with Crippen molar-refractivity contribution in [2.45, 2.75) is 12.5 Å². The Morgan fingerprint density at radius 1 is 1.19 bits per heavy atom. The number of carbonyl (C=O) groups excluding carboxylic acids is 1. The van der Waals surface area contributed by atoms with Crippen LogP contribution in [-0.4, -0.2) is 36.9 Å². The molecule has 1 aliphatic rings. The van der Waals surface area contributed by atoms with Gasteiger partial charge in [0.25, 0.3) is 11.6 Å². The molecule has 27 heavy (non-hydrogen) atoms. The van der Waals surface area contributed by atoms with Crippen molar-refractivity contribution in [2.75, 3.05) is 19.5 Å². The number of ether oxygens (including phenoxy) is 2. The Morgan fingerprint density at radius 2 is 1.85 bits per heavy atom. The molecule has 3 rings (SSSR count). The maximum Gasteiger partial charge on any atom is 0.296 e. The number of oxime groups is 1. The minimum atomic E-state index is -0.871. The van der Waals surface area contributed by atoms with Crippen LogP contribution >= 0.6 is 0 Å². The van der Waals surface area contributed by atoms with Gasteiger partial charge in [-0.25, -0.2) is 0 Å². The monoisotopic (exact) mass is 371 g/mol. The van der Waals surface area contributed by atoms with Gasteiger partial charge in [0.1, 0.15) is 17.2 Å². The van der Waals surface area contributed by atoms with Crippen molar-refractivity contribution in [1.29, 1.82) is 0 Å². The van der Waals surface area contributed by atoms with E-state index >= 15 is 0 Å². The standard InChI is InChI=1S/C18H17N3O6/c1-25-12-5-3-11(4-6-12)15-10-17(27-20-15)18(22)19-14-8-7-13(26-2)9-16(14)21(23)24/h3-9,17H,10H2,1-2H3,(H,19,22). The minimum Gasteiger partial charge on any atom is -0.497 e. The SMILES string of the molecule is COc1ccc(C2=NOC(C(=O)Nc3ccc(OC)cc3[N+](=O)[O-])C2)cc1. The van der Waals surface area contributed by atoms with Crippen molar-refractivity contribution in [1.82, 2.24) is 0 Å². The zero-order chi connectivity index (χ0) is 19.4. The zero-order valence-electron chi connectivity index (χ0n) is 14.7. The van der Waals surface area contributed by atoms with Gasteiger partial charge in [0.2, 0.25) is 6.10 Å². The van der Waals surface area contributed by atoms with Crippen molar-refractivity contribution in [2.24, 2.45) is 5.16 Å². The van der Waals surface area contributed by atoms with Crippen molar-refractivity contribution in [3.05, 3.63) is 58.1 Å². The van der Waals surface area contributed by atoms with Crippen LogP contribution in [0.4, 0.5) is 11.4 Å². The molecule has 1 unspecified atom stereocenters. The summed E-state index contributed by atoms with van der Waals surface area (Å²) >= 11 is 0. The van der Waals surface area contributed by atoms with Gasteiger partial charge in [0, 0.05) is 6.42 Å². The summed E-state index contributed by atoms with van der Waals surface area (Å²) in [6, 6.07) is 11.4. The molecule has 1 heterocycles. The van der Waals surface area contributed by atoms with Crippen LogP contribution in [0.3, 0.4) is 0 Å². The fourth-order valence-electron chi connectivity index (χ4n) is 2.58. The van der Waals surface area contributed by atoms with Gasteiger partial charge in [-0.05, 0) is 42.0 Å². The molecule has 2 aromatic carbocycles. The van der Waals surface area contributed by atoms with Crippen LogP contribution in [0.15, 0.2) is 47.6 Å². The number of methoxy groups -OCH3 is 2. The van der Waals surface area contributed by atoms with Crippen molar-refractivity contribution in [3.63, 3.8) is 0 Å². The number of nitrogens with zero attached hydrogens (tertiary/aromatic N) is 2. The summed E-state index contributed by atoms with van der Waals surface area (Å²) in [5.41, 5.74) is 1.22. The highest BCUT2D eigenvalue weighted by Crippen LogP contribution is 2.29. The number of carbonyl (C=O) groups is 1. The third-order valence-corrected chi connectivity index (χ3v) is 4.04. The first kappa shape index (κ1) is 18.2. The number of benzene rings is 2. The average Bonchev–Trinajstić information content (AvgIpc) is 3.18. The molecular weight excluding hydrogens is 354 g/mol. The third kappa shape index (κ3) is 3.97. The van der Waals surface area contributed by atoms with Crippen LogP contribution in [0.25, 0.3) is 0 Å². The van der Waals surface area contributed by atoms with E-state index in [1.807, 2.05) is 12.1 Å². The first-order valence-electron chi connectivity index (χ1n) is 8.02. The maximum absolute atomic E-state index is 12.4. The van der Waals surface area contributed by atoms with Gasteiger partial charge in [-0.2, -0.15) is 0 Å². The molecule has 140 valence electrons. The Kier molecular flexibility index (Phi) is 5.20. The third-order valence-electron chi connectivity index (χ3n) is 4.04. The van der Waals surface area contributed by atoms with Crippen LogP contribution in [-0.2, 0) is 9.63 Å². The average molecular weight is 371 g/mol. The highest BCUT2D eigenvalue weighted by Gasteiger charge is 2.30. The van der Waals surface area contributed by atoms with Crippen LogP contribution in [0.2, 0.25) is 0 Å². The quantitative estimate of drug-likeness (QED) is 0.617. The van der Waals surface area contributed by atoms with Gasteiger partial charge < -0.3 is 19.6 Å². The second kappa shape index (κ2) is 7.73. The lowest BCUT2D eigenvalue weighted by Gasteiger charge is -2.10. The molecule has 0 saturated carbocycles. The summed E-state index contributed by atoms with van der Waals surface area (Å²) < 4.78 is 10.1. The first-order chi connectivity index (χ1) is 13.0. The van der Waals surface area contributed by atoms with Crippen molar-refractivity contribution in [3.8, 4) is 11.5 Å². The predicted octanol–water partition coefficient (Wildman–Crippen LogP) is 2.74. The van der Waals surface area contributed by atoms with E-state index in [0.29, 0.717) is 17.2 Å². The molecule has 0 aliphatic carbocycles. The molecule has 1 N–H and O–H groups in total. The van der Waals surface area contributed by atoms with Crippen molar-refractivity contribution < 1.29 is 24.0 Å². The molecule has 1 aliphatic heterocycles. The van der Waals surface area contributed by atoms with Crippen LogP contribution in [0.5, 0.6) is 11.5 Å². The second-order valence-corrected chi connectivity index (χ2v) is 5.69. The summed E-state index contributed by atoms with van der Waals surface area (Å²) in [6.07, 6.45) is -0.619. The van der Waals surface area contributed by atoms with E-state index in [4.69, 9.17) is 14.3 Å². The lowest BCUT2D eigenvalue weighted by molar-refractivity contribution is -0.384. The van der Waals surface area contributed by atoms with E-state index < -0.39 is 16.9 Å². The van der Waals surface area contributed by atoms with Crippen molar-refractivity contribution >= 4 is 23.0 Å². The van der Waals surface area contributed by atoms with E-state index in [9.17, 15) is 14.9 Å². The Morgan fingerprint density at radius 3 is 2.48 bits per heavy atom. The smallest absolute Gasteiger partial charge is 0.296 e. The minimum absolute atomic E-state index is 0.0623. The number of nitro benzene ring substituents is 1. The molecule has 2 aromatic rings. The number of amides is 1. The largest absolute Gasteiger partial charge is 0.497 e. The summed E-state index contributed by atoms with van der Waals surface area (Å²) in [7, 11) is 2.98. The maximum atomic E-state index is 12.4. The second-order valence-electron chi connectivity index (χ2n) is 5.69. The van der Waals surface area contributed by atoms with E-state index in [1.165, 1.54) is 25.3 Å². The van der Waals surface area contributed by atoms with Crippen LogP contribution in [0.1, 0.15) is 12.0 Å². The molecule has 9 heteroatoms. The van der Waals surface area contributed by atoms with Gasteiger partial charge in [-0.15, -0.1) is 0 Å². The number of anilines is 1. The fraction of sp³-hybridized carbons (Fsp3) is 0.222. The summed E-state index contributed by atoms with van der Waals surface area (Å²) in [5, 5.41) is 17.7. The van der Waals surface area contributed by atoms with Gasteiger partial charge in [-0.1, -0.05) is 5.16 Å². The topological polar surface area (TPSA) is 112 Å². The lowest BCUT2D eigenvalue weighted by atomic mass is 10.0. The molecular formula is C18H17N3O6. The predicted molar refractivity (Wildman–Crippen MR) is 97.3 cm³/mol. The van der Waals surface area contributed by atoms with Gasteiger partial charge in [0.05, 0.1) is 30.9 Å². The van der Waals surface area contributed by atoms with E-state index in [0.717, 1.165) is 5.56 Å². The molecule has 0 saturated heterocycles. The highest BCUT2D eigenvalue weighted by atomic mass is 16.6. The molecule has 1 amide bonds.